The van der Waals surface area contributed by atoms with E-state index in [0.29, 0.717) is 12.0 Å². The maximum absolute atomic E-state index is 10.6. The highest BCUT2D eigenvalue weighted by Crippen LogP contribution is 2.07. The molecule has 0 fully saturated rings. The topological polar surface area (TPSA) is 60.7 Å². The molecule has 0 saturated heterocycles. The van der Waals surface area contributed by atoms with E-state index in [1.165, 1.54) is 4.80 Å². The highest BCUT2D eigenvalue weighted by atomic mass is 16.1. The molecule has 0 aliphatic heterocycles. The first-order valence-electron chi connectivity index (χ1n) is 4.10. The van der Waals surface area contributed by atoms with Crippen molar-refractivity contribution in [2.75, 3.05) is 0 Å². The van der Waals surface area contributed by atoms with Crippen LogP contribution in [0.15, 0.2) is 24.5 Å². The first-order valence-corrected chi connectivity index (χ1v) is 4.10. The molecule has 2 heterocycles. The predicted octanol–water partition coefficient (Wildman–Crippen LogP) is 0.783. The molecule has 5 nitrogen and oxygen atoms in total. The van der Waals surface area contributed by atoms with Crippen LogP contribution in [0.5, 0.6) is 0 Å². The number of pyridine rings is 1. The monoisotopic (exact) mass is 188 g/mol. The van der Waals surface area contributed by atoms with Crippen molar-refractivity contribution in [3.05, 3.63) is 35.9 Å². The summed E-state index contributed by atoms with van der Waals surface area (Å²) in [4.78, 5) is 16.0. The minimum atomic E-state index is 0.386. The summed E-state index contributed by atoms with van der Waals surface area (Å²) in [6, 6.07) is 3.45. The van der Waals surface area contributed by atoms with Crippen LogP contribution < -0.4 is 0 Å². The van der Waals surface area contributed by atoms with E-state index in [4.69, 9.17) is 0 Å². The van der Waals surface area contributed by atoms with Crippen LogP contribution in [0.1, 0.15) is 16.2 Å². The molecule has 2 aromatic heterocycles. The van der Waals surface area contributed by atoms with E-state index in [0.717, 1.165) is 11.4 Å². The van der Waals surface area contributed by atoms with Crippen molar-refractivity contribution in [1.82, 2.24) is 20.0 Å². The van der Waals surface area contributed by atoms with Gasteiger partial charge in [-0.2, -0.15) is 15.0 Å². The van der Waals surface area contributed by atoms with Crippen LogP contribution >= 0.6 is 0 Å². The molecule has 0 atom stereocenters. The highest BCUT2D eigenvalue weighted by Gasteiger charge is 2.01. The van der Waals surface area contributed by atoms with Crippen LogP contribution in [-0.2, 0) is 0 Å². The van der Waals surface area contributed by atoms with Gasteiger partial charge < -0.3 is 0 Å². The molecule has 0 bridgehead atoms. The smallest absolute Gasteiger partial charge is 0.168 e. The quantitative estimate of drug-likeness (QED) is 0.653. The Labute approximate surface area is 80.4 Å². The summed E-state index contributed by atoms with van der Waals surface area (Å²) in [7, 11) is 0. The SMILES string of the molecule is Cc1cc(-n2nccn2)cc(C=O)n1. The minimum Gasteiger partial charge on any atom is -0.296 e. The molecule has 0 aliphatic carbocycles. The highest BCUT2D eigenvalue weighted by molar-refractivity contribution is 5.72. The van der Waals surface area contributed by atoms with Crippen molar-refractivity contribution in [2.24, 2.45) is 0 Å². The molecule has 2 rings (SSSR count). The van der Waals surface area contributed by atoms with Gasteiger partial charge in [-0.05, 0) is 19.1 Å². The normalized spacial score (nSPS) is 10.1. The number of carbonyl (C=O) groups excluding carboxylic acids is 1. The van der Waals surface area contributed by atoms with E-state index < -0.39 is 0 Å². The van der Waals surface area contributed by atoms with E-state index >= 15 is 0 Å². The van der Waals surface area contributed by atoms with Crippen LogP contribution in [0.2, 0.25) is 0 Å². The number of hydrogen-bond acceptors (Lipinski definition) is 4. The molecule has 0 aromatic carbocycles. The second-order valence-corrected chi connectivity index (χ2v) is 2.83. The van der Waals surface area contributed by atoms with Crippen molar-refractivity contribution < 1.29 is 4.79 Å². The summed E-state index contributed by atoms with van der Waals surface area (Å²) < 4.78 is 0. The van der Waals surface area contributed by atoms with E-state index in [1.54, 1.807) is 18.5 Å². The zero-order chi connectivity index (χ0) is 9.97. The summed E-state index contributed by atoms with van der Waals surface area (Å²) in [5.74, 6) is 0. The molecule has 70 valence electrons. The molecular formula is C9H8N4O. The molecule has 0 radical (unpaired) electrons. The number of rotatable bonds is 2. The number of aldehydes is 1. The summed E-state index contributed by atoms with van der Waals surface area (Å²) in [5.41, 5.74) is 1.89. The number of carbonyl (C=O) groups is 1. The predicted molar refractivity (Wildman–Crippen MR) is 49.3 cm³/mol. The summed E-state index contributed by atoms with van der Waals surface area (Å²) in [6.07, 6.45) is 3.87. The van der Waals surface area contributed by atoms with Gasteiger partial charge >= 0.3 is 0 Å². The van der Waals surface area contributed by atoms with Gasteiger partial charge in [0.2, 0.25) is 0 Å². The van der Waals surface area contributed by atoms with E-state index in [2.05, 4.69) is 15.2 Å². The fourth-order valence-electron chi connectivity index (χ4n) is 1.20. The van der Waals surface area contributed by atoms with Crippen molar-refractivity contribution in [1.29, 1.82) is 0 Å². The minimum absolute atomic E-state index is 0.386. The van der Waals surface area contributed by atoms with Crippen LogP contribution in [0.3, 0.4) is 0 Å². The zero-order valence-corrected chi connectivity index (χ0v) is 7.58. The first kappa shape index (κ1) is 8.55. The van der Waals surface area contributed by atoms with E-state index in [-0.39, 0.29) is 0 Å². The van der Waals surface area contributed by atoms with Gasteiger partial charge in [0.25, 0.3) is 0 Å². The molecule has 14 heavy (non-hydrogen) atoms. The van der Waals surface area contributed by atoms with Crippen molar-refractivity contribution >= 4 is 6.29 Å². The molecule has 0 aliphatic rings. The van der Waals surface area contributed by atoms with Gasteiger partial charge in [-0.15, -0.1) is 0 Å². The Balaban J connectivity index is 2.54. The largest absolute Gasteiger partial charge is 0.296 e. The molecule has 0 unspecified atom stereocenters. The number of aromatic nitrogens is 4. The first-order chi connectivity index (χ1) is 6.79. The van der Waals surface area contributed by atoms with E-state index in [9.17, 15) is 4.79 Å². The Morgan fingerprint density at radius 3 is 2.64 bits per heavy atom. The Morgan fingerprint density at radius 2 is 2.00 bits per heavy atom. The molecule has 0 amide bonds. The third-order valence-corrected chi connectivity index (χ3v) is 1.73. The third kappa shape index (κ3) is 1.52. The molecule has 5 heteroatoms. The van der Waals surface area contributed by atoms with Gasteiger partial charge in [-0.1, -0.05) is 0 Å². The van der Waals surface area contributed by atoms with Gasteiger partial charge in [-0.3, -0.25) is 9.78 Å². The van der Waals surface area contributed by atoms with Gasteiger partial charge in [0.1, 0.15) is 5.69 Å². The van der Waals surface area contributed by atoms with E-state index in [1.807, 2.05) is 13.0 Å². The van der Waals surface area contributed by atoms with Crippen LogP contribution in [-0.4, -0.2) is 26.3 Å². The van der Waals surface area contributed by atoms with Crippen LogP contribution in [0.25, 0.3) is 5.69 Å². The summed E-state index contributed by atoms with van der Waals surface area (Å²) in [6.45, 7) is 1.82. The van der Waals surface area contributed by atoms with Crippen molar-refractivity contribution in [3.63, 3.8) is 0 Å². The number of nitrogens with zero attached hydrogens (tertiary/aromatic N) is 4. The number of aryl methyl sites for hydroxylation is 1. The second-order valence-electron chi connectivity index (χ2n) is 2.83. The van der Waals surface area contributed by atoms with Gasteiger partial charge in [0.15, 0.2) is 6.29 Å². The second kappa shape index (κ2) is 3.37. The Kier molecular flexibility index (Phi) is 2.06. The van der Waals surface area contributed by atoms with Gasteiger partial charge in [0.05, 0.1) is 18.1 Å². The molecule has 0 spiro atoms. The summed E-state index contributed by atoms with van der Waals surface area (Å²) in [5, 5.41) is 7.93. The third-order valence-electron chi connectivity index (χ3n) is 1.73. The maximum Gasteiger partial charge on any atom is 0.168 e. The standard InChI is InChI=1S/C9H8N4O/c1-7-4-9(5-8(6-14)12-7)13-10-2-3-11-13/h2-6H,1H3. The summed E-state index contributed by atoms with van der Waals surface area (Å²) >= 11 is 0. The maximum atomic E-state index is 10.6. The average molecular weight is 188 g/mol. The zero-order valence-electron chi connectivity index (χ0n) is 7.58. The Morgan fingerprint density at radius 1 is 1.29 bits per heavy atom. The number of hydrogen-bond donors (Lipinski definition) is 0. The molecule has 0 saturated carbocycles. The lowest BCUT2D eigenvalue weighted by molar-refractivity contribution is 0.111. The lowest BCUT2D eigenvalue weighted by Gasteiger charge is -2.01. The molecule has 0 N–H and O–H groups in total. The lowest BCUT2D eigenvalue weighted by Crippen LogP contribution is -2.01. The average Bonchev–Trinajstić information content (AvgIpc) is 2.69. The molecular weight excluding hydrogens is 180 g/mol. The fraction of sp³-hybridized carbons (Fsp3) is 0.111. The van der Waals surface area contributed by atoms with Crippen LogP contribution in [0, 0.1) is 6.92 Å². The Bertz CT molecular complexity index is 450. The van der Waals surface area contributed by atoms with Crippen molar-refractivity contribution in [3.8, 4) is 5.69 Å². The van der Waals surface area contributed by atoms with Crippen molar-refractivity contribution in [2.45, 2.75) is 6.92 Å². The van der Waals surface area contributed by atoms with Gasteiger partial charge in [-0.25, -0.2) is 0 Å². The Hall–Kier alpha value is -2.04. The van der Waals surface area contributed by atoms with Crippen LogP contribution in [0.4, 0.5) is 0 Å². The fourth-order valence-corrected chi connectivity index (χ4v) is 1.20. The van der Waals surface area contributed by atoms with Gasteiger partial charge in [0, 0.05) is 5.69 Å². The lowest BCUT2D eigenvalue weighted by atomic mass is 10.3. The molecule has 2 aromatic rings.